The number of piperidine rings is 1. The zero-order chi connectivity index (χ0) is 19.7. The highest BCUT2D eigenvalue weighted by atomic mass is 35.5. The van der Waals surface area contributed by atoms with Crippen LogP contribution in [-0.2, 0) is 11.2 Å². The Morgan fingerprint density at radius 3 is 2.64 bits per heavy atom. The number of aliphatic hydroxyl groups is 1. The molecule has 0 bridgehead atoms. The molecule has 7 nitrogen and oxygen atoms in total. The number of nitrogens with one attached hydrogen (secondary N) is 1. The first kappa shape index (κ1) is 19.0. The summed E-state index contributed by atoms with van der Waals surface area (Å²) in [4.78, 5) is 29.4. The Morgan fingerprint density at radius 1 is 1.25 bits per heavy atom. The predicted molar refractivity (Wildman–Crippen MR) is 104 cm³/mol. The van der Waals surface area contributed by atoms with Crippen LogP contribution in [0.4, 0.5) is 0 Å². The first-order valence-electron chi connectivity index (χ1n) is 9.47. The number of rotatable bonds is 4. The van der Waals surface area contributed by atoms with Crippen LogP contribution in [0.3, 0.4) is 0 Å². The van der Waals surface area contributed by atoms with Crippen molar-refractivity contribution in [3.05, 3.63) is 52.8 Å². The van der Waals surface area contributed by atoms with Crippen molar-refractivity contribution < 1.29 is 14.7 Å². The molecular formula is C20H23ClN4O3. The first-order valence-corrected chi connectivity index (χ1v) is 9.85. The highest BCUT2D eigenvalue weighted by Gasteiger charge is 2.52. The van der Waals surface area contributed by atoms with E-state index in [9.17, 15) is 14.7 Å². The number of carbonyl (C=O) groups is 2. The van der Waals surface area contributed by atoms with Crippen LogP contribution in [0.25, 0.3) is 0 Å². The van der Waals surface area contributed by atoms with Crippen LogP contribution in [-0.4, -0.2) is 69.2 Å². The van der Waals surface area contributed by atoms with Gasteiger partial charge >= 0.3 is 0 Å². The third-order valence-corrected chi connectivity index (χ3v) is 5.86. The molecule has 1 aromatic carbocycles. The Bertz CT molecular complexity index is 847. The van der Waals surface area contributed by atoms with Gasteiger partial charge in [-0.2, -0.15) is 5.10 Å². The van der Waals surface area contributed by atoms with Gasteiger partial charge in [0.05, 0.1) is 23.3 Å². The fourth-order valence-corrected chi connectivity index (χ4v) is 4.29. The van der Waals surface area contributed by atoms with Crippen molar-refractivity contribution in [2.24, 2.45) is 5.41 Å². The number of aromatic amines is 1. The average molecular weight is 403 g/mol. The third-order valence-electron chi connectivity index (χ3n) is 5.61. The van der Waals surface area contributed by atoms with E-state index in [-0.39, 0.29) is 11.8 Å². The van der Waals surface area contributed by atoms with Crippen molar-refractivity contribution in [3.8, 4) is 0 Å². The molecule has 8 heteroatoms. The van der Waals surface area contributed by atoms with Crippen LogP contribution in [0, 0.1) is 5.41 Å². The molecule has 148 valence electrons. The Balaban J connectivity index is 1.54. The van der Waals surface area contributed by atoms with Gasteiger partial charge in [0, 0.05) is 37.4 Å². The molecule has 2 saturated heterocycles. The smallest absolute Gasteiger partial charge is 0.257 e. The summed E-state index contributed by atoms with van der Waals surface area (Å²) < 4.78 is 0. The molecule has 0 spiro atoms. The van der Waals surface area contributed by atoms with Crippen molar-refractivity contribution in [2.75, 3.05) is 26.2 Å². The Kier molecular flexibility index (Phi) is 5.12. The second-order valence-corrected chi connectivity index (χ2v) is 8.22. The molecule has 28 heavy (non-hydrogen) atoms. The summed E-state index contributed by atoms with van der Waals surface area (Å²) in [5, 5.41) is 17.1. The second-order valence-electron chi connectivity index (χ2n) is 7.78. The average Bonchev–Trinajstić information content (AvgIpc) is 3.20. The number of nitrogens with zero attached hydrogens (tertiary/aromatic N) is 3. The van der Waals surface area contributed by atoms with E-state index in [1.807, 2.05) is 24.3 Å². The molecule has 1 aromatic heterocycles. The highest BCUT2D eigenvalue weighted by Crippen LogP contribution is 2.38. The molecule has 4 rings (SSSR count). The third kappa shape index (κ3) is 3.64. The van der Waals surface area contributed by atoms with Gasteiger partial charge in [-0.3, -0.25) is 14.7 Å². The molecule has 0 aliphatic carbocycles. The van der Waals surface area contributed by atoms with Gasteiger partial charge in [-0.1, -0.05) is 23.7 Å². The van der Waals surface area contributed by atoms with Crippen molar-refractivity contribution in [1.82, 2.24) is 20.0 Å². The standard InChI is InChI=1S/C20H23ClN4O3/c21-16-5-3-14(4-6-16)8-20(19(28)24-7-1-2-17(26)11-24)12-25(13-20)18(27)15-9-22-23-10-15/h3-6,9-10,17,26H,1-2,7-8,11-13H2,(H,22,23)/t17-/m0/s1. The van der Waals surface area contributed by atoms with Gasteiger partial charge < -0.3 is 14.9 Å². The number of benzene rings is 1. The maximum atomic E-state index is 13.4. The lowest BCUT2D eigenvalue weighted by Crippen LogP contribution is -2.66. The van der Waals surface area contributed by atoms with Gasteiger partial charge in [0.1, 0.15) is 0 Å². The van der Waals surface area contributed by atoms with E-state index in [0.717, 1.165) is 18.4 Å². The van der Waals surface area contributed by atoms with Crippen molar-refractivity contribution in [2.45, 2.75) is 25.4 Å². The molecule has 2 N–H and O–H groups in total. The number of likely N-dealkylation sites (tertiary alicyclic amines) is 2. The Morgan fingerprint density at radius 2 is 2.00 bits per heavy atom. The topological polar surface area (TPSA) is 89.5 Å². The van der Waals surface area contributed by atoms with Crippen LogP contribution in [0.1, 0.15) is 28.8 Å². The fourth-order valence-electron chi connectivity index (χ4n) is 4.17. The lowest BCUT2D eigenvalue weighted by molar-refractivity contribution is -0.154. The second kappa shape index (κ2) is 7.56. The molecule has 0 radical (unpaired) electrons. The summed E-state index contributed by atoms with van der Waals surface area (Å²) in [5.74, 6) is -0.121. The minimum absolute atomic E-state index is 0.0115. The summed E-state index contributed by atoms with van der Waals surface area (Å²) in [5.41, 5.74) is 0.816. The number of halogens is 1. The molecule has 1 atom stereocenters. The lowest BCUT2D eigenvalue weighted by atomic mass is 9.73. The van der Waals surface area contributed by atoms with E-state index in [2.05, 4.69) is 10.2 Å². The quantitative estimate of drug-likeness (QED) is 0.815. The summed E-state index contributed by atoms with van der Waals surface area (Å²) in [6.45, 7) is 1.71. The highest BCUT2D eigenvalue weighted by molar-refractivity contribution is 6.30. The monoisotopic (exact) mass is 402 g/mol. The van der Waals surface area contributed by atoms with E-state index in [1.165, 1.54) is 6.20 Å². The van der Waals surface area contributed by atoms with E-state index in [1.54, 1.807) is 16.0 Å². The lowest BCUT2D eigenvalue weighted by Gasteiger charge is -2.51. The number of β-amino-alcohol motifs (C(OH)–C–C–N with tert-alkyl or cyclic N) is 1. The summed E-state index contributed by atoms with van der Waals surface area (Å²) in [6, 6.07) is 7.46. The zero-order valence-corrected chi connectivity index (χ0v) is 16.2. The fraction of sp³-hybridized carbons (Fsp3) is 0.450. The Hall–Kier alpha value is -2.38. The molecule has 0 saturated carbocycles. The van der Waals surface area contributed by atoms with Crippen LogP contribution in [0.5, 0.6) is 0 Å². The number of carbonyl (C=O) groups excluding carboxylic acids is 2. The number of hydrogen-bond donors (Lipinski definition) is 2. The van der Waals surface area contributed by atoms with E-state index in [4.69, 9.17) is 11.6 Å². The van der Waals surface area contributed by atoms with Crippen molar-refractivity contribution >= 4 is 23.4 Å². The predicted octanol–water partition coefficient (Wildman–Crippen LogP) is 1.73. The summed E-state index contributed by atoms with van der Waals surface area (Å²) >= 11 is 5.99. The number of aliphatic hydroxyl groups excluding tert-OH is 1. The van der Waals surface area contributed by atoms with Gasteiger partial charge in [-0.05, 0) is 37.0 Å². The van der Waals surface area contributed by atoms with Crippen molar-refractivity contribution in [1.29, 1.82) is 0 Å². The van der Waals surface area contributed by atoms with Crippen molar-refractivity contribution in [3.63, 3.8) is 0 Å². The summed E-state index contributed by atoms with van der Waals surface area (Å²) in [7, 11) is 0. The van der Waals surface area contributed by atoms with Crippen LogP contribution in [0.2, 0.25) is 5.02 Å². The summed E-state index contributed by atoms with van der Waals surface area (Å²) in [6.07, 6.45) is 4.62. The van der Waals surface area contributed by atoms with Crippen LogP contribution in [0.15, 0.2) is 36.7 Å². The van der Waals surface area contributed by atoms with Gasteiger partial charge in [-0.25, -0.2) is 0 Å². The van der Waals surface area contributed by atoms with E-state index >= 15 is 0 Å². The van der Waals surface area contributed by atoms with Crippen LogP contribution < -0.4 is 0 Å². The Labute approximate surface area is 168 Å². The maximum absolute atomic E-state index is 13.4. The number of H-pyrrole nitrogens is 1. The number of aromatic nitrogens is 2. The largest absolute Gasteiger partial charge is 0.391 e. The number of hydrogen-bond acceptors (Lipinski definition) is 4. The minimum Gasteiger partial charge on any atom is -0.391 e. The molecule has 2 amide bonds. The molecular weight excluding hydrogens is 380 g/mol. The molecule has 2 aliphatic rings. The normalized spacial score (nSPS) is 21.3. The molecule has 0 unspecified atom stereocenters. The SMILES string of the molecule is O=C(c1cn[nH]c1)N1CC(Cc2ccc(Cl)cc2)(C(=O)N2CCC[C@H](O)C2)C1. The maximum Gasteiger partial charge on any atom is 0.257 e. The zero-order valence-electron chi connectivity index (χ0n) is 15.5. The molecule has 2 aliphatic heterocycles. The molecule has 3 heterocycles. The van der Waals surface area contributed by atoms with Gasteiger partial charge in [0.2, 0.25) is 5.91 Å². The van der Waals surface area contributed by atoms with Gasteiger partial charge in [0.25, 0.3) is 5.91 Å². The van der Waals surface area contributed by atoms with Gasteiger partial charge in [-0.15, -0.1) is 0 Å². The molecule has 2 aromatic rings. The minimum atomic E-state index is -0.676. The van der Waals surface area contributed by atoms with Crippen LogP contribution >= 0.6 is 11.6 Å². The first-order chi connectivity index (χ1) is 13.5. The van der Waals surface area contributed by atoms with E-state index < -0.39 is 11.5 Å². The van der Waals surface area contributed by atoms with Gasteiger partial charge in [0.15, 0.2) is 0 Å². The van der Waals surface area contributed by atoms with E-state index in [0.29, 0.717) is 43.2 Å². The number of amides is 2. The molecule has 2 fully saturated rings.